The van der Waals surface area contributed by atoms with Crippen molar-refractivity contribution in [2.75, 3.05) is 19.6 Å². The van der Waals surface area contributed by atoms with Gasteiger partial charge in [0.25, 0.3) is 0 Å². The Hall–Kier alpha value is -2.57. The van der Waals surface area contributed by atoms with Gasteiger partial charge in [-0.05, 0) is 18.4 Å². The molecule has 2 heterocycles. The summed E-state index contributed by atoms with van der Waals surface area (Å²) in [5.74, 6) is -0.225. The van der Waals surface area contributed by atoms with Gasteiger partial charge in [-0.1, -0.05) is 49.6 Å². The Morgan fingerprint density at radius 3 is 2.57 bits per heavy atom. The Balaban J connectivity index is 1.37. The summed E-state index contributed by atoms with van der Waals surface area (Å²) >= 11 is 0. The van der Waals surface area contributed by atoms with Crippen LogP contribution >= 0.6 is 0 Å². The van der Waals surface area contributed by atoms with Gasteiger partial charge in [0, 0.05) is 25.6 Å². The third-order valence-corrected chi connectivity index (χ3v) is 6.08. The standard InChI is InChI=1S/C21H28N4O3/c26-19-18-14-24(21(28)22-16-9-5-2-6-10-16)11-12-25(18)20(27)17(23-19)13-15-7-3-1-4-8-15/h1,3-4,7-8,16-18H,2,5-6,9-14H2,(H,22,28)(H,23,26)/t17-,18-/m1/s1. The van der Waals surface area contributed by atoms with E-state index in [-0.39, 0.29) is 30.4 Å². The Bertz CT molecular complexity index is 732. The lowest BCUT2D eigenvalue weighted by molar-refractivity contribution is -0.152. The largest absolute Gasteiger partial charge is 0.342 e. The van der Waals surface area contributed by atoms with Crippen LogP contribution in [0.15, 0.2) is 30.3 Å². The van der Waals surface area contributed by atoms with Crippen molar-refractivity contribution in [3.63, 3.8) is 0 Å². The molecule has 3 fully saturated rings. The average Bonchev–Trinajstić information content (AvgIpc) is 2.73. The molecule has 1 aliphatic carbocycles. The maximum absolute atomic E-state index is 12.9. The van der Waals surface area contributed by atoms with Gasteiger partial charge in [-0.25, -0.2) is 4.79 Å². The highest BCUT2D eigenvalue weighted by atomic mass is 16.2. The fraction of sp³-hybridized carbons (Fsp3) is 0.571. The number of piperazine rings is 2. The molecular weight excluding hydrogens is 356 g/mol. The molecule has 0 radical (unpaired) electrons. The van der Waals surface area contributed by atoms with Crippen LogP contribution in [0, 0.1) is 0 Å². The number of amides is 4. The Morgan fingerprint density at radius 2 is 1.82 bits per heavy atom. The molecule has 2 saturated heterocycles. The minimum absolute atomic E-state index is 0.0548. The Kier molecular flexibility index (Phi) is 5.50. The van der Waals surface area contributed by atoms with E-state index in [1.54, 1.807) is 9.80 Å². The minimum Gasteiger partial charge on any atom is -0.342 e. The quantitative estimate of drug-likeness (QED) is 0.824. The number of fused-ring (bicyclic) bond motifs is 1. The molecule has 1 saturated carbocycles. The molecule has 0 spiro atoms. The lowest BCUT2D eigenvalue weighted by atomic mass is 9.95. The third kappa shape index (κ3) is 3.98. The molecule has 1 aromatic carbocycles. The second-order valence-corrected chi connectivity index (χ2v) is 8.03. The lowest BCUT2D eigenvalue weighted by Crippen LogP contribution is -2.70. The van der Waals surface area contributed by atoms with E-state index in [2.05, 4.69) is 10.6 Å². The van der Waals surface area contributed by atoms with Crippen LogP contribution in [0.1, 0.15) is 37.7 Å². The summed E-state index contributed by atoms with van der Waals surface area (Å²) in [6.45, 7) is 1.13. The van der Waals surface area contributed by atoms with Crippen LogP contribution in [0.5, 0.6) is 0 Å². The van der Waals surface area contributed by atoms with Gasteiger partial charge in [0.1, 0.15) is 12.1 Å². The van der Waals surface area contributed by atoms with E-state index in [4.69, 9.17) is 0 Å². The van der Waals surface area contributed by atoms with Crippen LogP contribution in [0.25, 0.3) is 0 Å². The van der Waals surface area contributed by atoms with Gasteiger partial charge in [-0.2, -0.15) is 0 Å². The molecule has 28 heavy (non-hydrogen) atoms. The molecule has 0 bridgehead atoms. The first-order valence-electron chi connectivity index (χ1n) is 10.3. The van der Waals surface area contributed by atoms with E-state index in [9.17, 15) is 14.4 Å². The zero-order valence-electron chi connectivity index (χ0n) is 16.1. The van der Waals surface area contributed by atoms with Crippen LogP contribution in [0.3, 0.4) is 0 Å². The number of hydrogen-bond acceptors (Lipinski definition) is 3. The molecule has 7 nitrogen and oxygen atoms in total. The molecule has 7 heteroatoms. The van der Waals surface area contributed by atoms with Crippen molar-refractivity contribution in [3.8, 4) is 0 Å². The van der Waals surface area contributed by atoms with Crippen molar-refractivity contribution in [2.24, 2.45) is 0 Å². The molecule has 0 unspecified atom stereocenters. The predicted molar refractivity (Wildman–Crippen MR) is 105 cm³/mol. The first kappa shape index (κ1) is 18.8. The van der Waals surface area contributed by atoms with Crippen molar-refractivity contribution in [1.82, 2.24) is 20.4 Å². The average molecular weight is 384 g/mol. The molecule has 150 valence electrons. The van der Waals surface area contributed by atoms with Gasteiger partial charge in [-0.15, -0.1) is 0 Å². The van der Waals surface area contributed by atoms with Crippen molar-refractivity contribution in [3.05, 3.63) is 35.9 Å². The topological polar surface area (TPSA) is 81.8 Å². The number of hydrogen-bond donors (Lipinski definition) is 2. The van der Waals surface area contributed by atoms with E-state index in [1.807, 2.05) is 30.3 Å². The Labute approximate surface area is 165 Å². The molecule has 2 aliphatic heterocycles. The van der Waals surface area contributed by atoms with Crippen LogP contribution in [-0.2, 0) is 16.0 Å². The third-order valence-electron chi connectivity index (χ3n) is 6.08. The zero-order chi connectivity index (χ0) is 19.5. The van der Waals surface area contributed by atoms with Gasteiger partial charge in [0.15, 0.2) is 0 Å². The summed E-state index contributed by atoms with van der Waals surface area (Å²) < 4.78 is 0. The fourth-order valence-corrected chi connectivity index (χ4v) is 4.49. The minimum atomic E-state index is -0.592. The predicted octanol–water partition coefficient (Wildman–Crippen LogP) is 1.28. The van der Waals surface area contributed by atoms with E-state index in [0.29, 0.717) is 19.5 Å². The first-order valence-corrected chi connectivity index (χ1v) is 10.3. The van der Waals surface area contributed by atoms with Gasteiger partial charge in [0.05, 0.1) is 6.54 Å². The summed E-state index contributed by atoms with van der Waals surface area (Å²) in [5, 5.41) is 5.97. The first-order chi connectivity index (χ1) is 13.6. The number of nitrogens with one attached hydrogen (secondary N) is 2. The van der Waals surface area contributed by atoms with E-state index in [1.165, 1.54) is 6.42 Å². The smallest absolute Gasteiger partial charge is 0.317 e. The van der Waals surface area contributed by atoms with E-state index in [0.717, 1.165) is 31.2 Å². The summed E-state index contributed by atoms with van der Waals surface area (Å²) in [5.41, 5.74) is 1.02. The fourth-order valence-electron chi connectivity index (χ4n) is 4.49. The highest BCUT2D eigenvalue weighted by Gasteiger charge is 2.44. The summed E-state index contributed by atoms with van der Waals surface area (Å²) in [6.07, 6.45) is 6.08. The highest BCUT2D eigenvalue weighted by molar-refractivity contribution is 5.97. The highest BCUT2D eigenvalue weighted by Crippen LogP contribution is 2.20. The van der Waals surface area contributed by atoms with E-state index >= 15 is 0 Å². The molecule has 3 aliphatic rings. The molecule has 2 N–H and O–H groups in total. The van der Waals surface area contributed by atoms with Crippen LogP contribution < -0.4 is 10.6 Å². The zero-order valence-corrected chi connectivity index (χ0v) is 16.1. The lowest BCUT2D eigenvalue weighted by Gasteiger charge is -2.45. The van der Waals surface area contributed by atoms with Gasteiger partial charge >= 0.3 is 6.03 Å². The second-order valence-electron chi connectivity index (χ2n) is 8.03. The maximum atomic E-state index is 12.9. The number of carbonyl (C=O) groups is 3. The number of rotatable bonds is 3. The van der Waals surface area contributed by atoms with Crippen molar-refractivity contribution < 1.29 is 14.4 Å². The van der Waals surface area contributed by atoms with Crippen LogP contribution in [0.2, 0.25) is 0 Å². The number of nitrogens with zero attached hydrogens (tertiary/aromatic N) is 2. The monoisotopic (exact) mass is 384 g/mol. The summed E-state index contributed by atoms with van der Waals surface area (Å²) in [7, 11) is 0. The maximum Gasteiger partial charge on any atom is 0.317 e. The van der Waals surface area contributed by atoms with Gasteiger partial charge in [-0.3, -0.25) is 9.59 Å². The van der Waals surface area contributed by atoms with E-state index < -0.39 is 12.1 Å². The summed E-state index contributed by atoms with van der Waals surface area (Å²) in [4.78, 5) is 41.5. The summed E-state index contributed by atoms with van der Waals surface area (Å²) in [6, 6.07) is 8.69. The number of urea groups is 1. The molecule has 0 aromatic heterocycles. The van der Waals surface area contributed by atoms with Crippen molar-refractivity contribution in [1.29, 1.82) is 0 Å². The molecule has 1 aromatic rings. The molecular formula is C21H28N4O3. The number of benzene rings is 1. The SMILES string of the molecule is O=C1N[C@H](Cc2ccccc2)C(=O)N2CCN(C(=O)NC3CCCCC3)C[C@H]12. The van der Waals surface area contributed by atoms with Gasteiger partial charge in [0.2, 0.25) is 11.8 Å². The van der Waals surface area contributed by atoms with Gasteiger partial charge < -0.3 is 20.4 Å². The van der Waals surface area contributed by atoms with Crippen molar-refractivity contribution in [2.45, 2.75) is 56.7 Å². The molecule has 4 amide bonds. The Morgan fingerprint density at radius 1 is 1.07 bits per heavy atom. The van der Waals surface area contributed by atoms with Crippen molar-refractivity contribution >= 4 is 17.8 Å². The second kappa shape index (κ2) is 8.20. The normalized spacial score (nSPS) is 25.9. The molecule has 2 atom stereocenters. The molecule has 4 rings (SSSR count). The number of carbonyl (C=O) groups excluding carboxylic acids is 3. The van der Waals surface area contributed by atoms with Crippen LogP contribution in [0.4, 0.5) is 4.79 Å². The van der Waals surface area contributed by atoms with Crippen LogP contribution in [-0.4, -0.2) is 65.4 Å².